The second kappa shape index (κ2) is 15.0. The SMILES string of the molecule is c1ccc(-c2ccc(N3c4cc(-c5ccccc5)cc5c4B(c4ccc6c(ccc7ccccc76)c43)c3ccc4c(ccc6ccccc64)c3N5c3ccc(-c4ccccc4)cc3)cc2)cc1. The van der Waals surface area contributed by atoms with Gasteiger partial charge in [0.25, 0.3) is 6.71 Å². The van der Waals surface area contributed by atoms with E-state index >= 15 is 0 Å². The molecule has 0 fully saturated rings. The second-order valence-corrected chi connectivity index (χ2v) is 18.0. The summed E-state index contributed by atoms with van der Waals surface area (Å²) in [7, 11) is 0. The lowest BCUT2D eigenvalue weighted by Gasteiger charge is -2.45. The molecule has 0 aromatic heterocycles. The molecule has 0 atom stereocenters. The van der Waals surface area contributed by atoms with Crippen molar-refractivity contribution in [2.45, 2.75) is 0 Å². The standard InChI is InChI=1S/C64H41BN2/c1-4-14-42(15-5-1)45-24-30-50(31-25-45)66-60-40-49(44-18-8-3-9-19-44)41-61-62(60)65(58-38-36-54-52-22-12-10-20-47(52)28-34-56(54)63(58)66)59-39-37-55-53-23-13-11-21-48(53)29-35-57(55)64(59)67(61)51-32-26-46(27-33-51)43-16-6-2-7-17-43/h1-41H. The number of anilines is 6. The molecule has 0 saturated heterocycles. The number of nitrogens with zero attached hydrogens (tertiary/aromatic N) is 2. The molecule has 0 N–H and O–H groups in total. The second-order valence-electron chi connectivity index (χ2n) is 18.0. The molecule has 67 heavy (non-hydrogen) atoms. The van der Waals surface area contributed by atoms with Gasteiger partial charge in [0.15, 0.2) is 0 Å². The van der Waals surface area contributed by atoms with E-state index in [1.807, 2.05) is 0 Å². The summed E-state index contributed by atoms with van der Waals surface area (Å²) in [4.78, 5) is 5.17. The van der Waals surface area contributed by atoms with Crippen LogP contribution in [0.15, 0.2) is 249 Å². The van der Waals surface area contributed by atoms with Crippen molar-refractivity contribution in [1.29, 1.82) is 0 Å². The smallest absolute Gasteiger partial charge is 0.252 e. The van der Waals surface area contributed by atoms with Gasteiger partial charge in [-0.3, -0.25) is 0 Å². The molecule has 2 aliphatic rings. The number of rotatable bonds is 5. The maximum atomic E-state index is 2.58. The first kappa shape index (κ1) is 37.7. The highest BCUT2D eigenvalue weighted by molar-refractivity contribution is 7.00. The van der Waals surface area contributed by atoms with Crippen molar-refractivity contribution in [3.63, 3.8) is 0 Å². The van der Waals surface area contributed by atoms with Crippen LogP contribution < -0.4 is 26.2 Å². The number of hydrogen-bond acceptors (Lipinski definition) is 2. The monoisotopic (exact) mass is 848 g/mol. The van der Waals surface area contributed by atoms with E-state index in [-0.39, 0.29) is 6.71 Å². The van der Waals surface area contributed by atoms with E-state index in [0.29, 0.717) is 0 Å². The highest BCUT2D eigenvalue weighted by Gasteiger charge is 2.45. The van der Waals surface area contributed by atoms with E-state index in [4.69, 9.17) is 0 Å². The molecular weight excluding hydrogens is 808 g/mol. The molecule has 0 bridgehead atoms. The summed E-state index contributed by atoms with van der Waals surface area (Å²) in [6, 6.07) is 92.4. The Morgan fingerprint density at radius 3 is 1.04 bits per heavy atom. The average Bonchev–Trinajstić information content (AvgIpc) is 3.41. The summed E-state index contributed by atoms with van der Waals surface area (Å²) in [6.45, 7) is -0.0498. The first-order valence-electron chi connectivity index (χ1n) is 23.3. The van der Waals surface area contributed by atoms with Crippen molar-refractivity contribution in [2.24, 2.45) is 0 Å². The maximum Gasteiger partial charge on any atom is 0.252 e. The van der Waals surface area contributed by atoms with E-state index < -0.39 is 0 Å². The molecule has 3 heteroatoms. The Hall–Kier alpha value is -8.66. The third-order valence-corrected chi connectivity index (χ3v) is 14.4. The zero-order valence-electron chi connectivity index (χ0n) is 36.6. The summed E-state index contributed by atoms with van der Waals surface area (Å²) in [6.07, 6.45) is 0. The number of hydrogen-bond donors (Lipinski definition) is 0. The molecule has 0 spiro atoms. The highest BCUT2D eigenvalue weighted by Crippen LogP contribution is 2.50. The topological polar surface area (TPSA) is 6.48 Å². The fraction of sp³-hybridized carbons (Fsp3) is 0. The Labute approximate surface area is 390 Å². The molecule has 2 aliphatic heterocycles. The summed E-state index contributed by atoms with van der Waals surface area (Å²) < 4.78 is 0. The molecule has 2 nitrogen and oxygen atoms in total. The summed E-state index contributed by atoms with van der Waals surface area (Å²) in [5.74, 6) is 0. The Bertz CT molecular complexity index is 3670. The molecule has 12 aromatic carbocycles. The lowest BCUT2D eigenvalue weighted by Crippen LogP contribution is -2.61. The van der Waals surface area contributed by atoms with Crippen molar-refractivity contribution in [2.75, 3.05) is 9.80 Å². The minimum Gasteiger partial charge on any atom is -0.311 e. The van der Waals surface area contributed by atoms with Crippen molar-refractivity contribution in [3.05, 3.63) is 249 Å². The molecule has 12 aromatic rings. The van der Waals surface area contributed by atoms with Crippen molar-refractivity contribution in [3.8, 4) is 33.4 Å². The quantitative estimate of drug-likeness (QED) is 0.126. The summed E-state index contributed by atoms with van der Waals surface area (Å²) in [5, 5.41) is 10.0. The molecule has 310 valence electrons. The van der Waals surface area contributed by atoms with E-state index in [1.165, 1.54) is 116 Å². The van der Waals surface area contributed by atoms with Gasteiger partial charge in [0.05, 0.1) is 0 Å². The summed E-state index contributed by atoms with van der Waals surface area (Å²) >= 11 is 0. The van der Waals surface area contributed by atoms with Gasteiger partial charge < -0.3 is 9.80 Å². The first-order chi connectivity index (χ1) is 33.2. The van der Waals surface area contributed by atoms with Gasteiger partial charge in [-0.15, -0.1) is 0 Å². The minimum atomic E-state index is -0.0498. The number of fused-ring (bicyclic) bond motifs is 12. The fourth-order valence-corrected chi connectivity index (χ4v) is 11.4. The van der Waals surface area contributed by atoms with Crippen molar-refractivity contribution >= 4 is 100 Å². The van der Waals surface area contributed by atoms with E-state index in [2.05, 4.69) is 259 Å². The predicted octanol–water partition coefficient (Wildman–Crippen LogP) is 15.4. The minimum absolute atomic E-state index is 0.0498. The zero-order chi connectivity index (χ0) is 44.0. The van der Waals surface area contributed by atoms with Crippen LogP contribution in [0.25, 0.3) is 76.5 Å². The Morgan fingerprint density at radius 1 is 0.254 bits per heavy atom. The largest absolute Gasteiger partial charge is 0.311 e. The normalized spacial score (nSPS) is 12.7. The lowest BCUT2D eigenvalue weighted by atomic mass is 9.33. The molecule has 0 radical (unpaired) electrons. The van der Waals surface area contributed by atoms with E-state index in [1.54, 1.807) is 0 Å². The van der Waals surface area contributed by atoms with Gasteiger partial charge >= 0.3 is 0 Å². The Kier molecular flexibility index (Phi) is 8.41. The van der Waals surface area contributed by atoms with Crippen molar-refractivity contribution < 1.29 is 0 Å². The van der Waals surface area contributed by atoms with E-state index in [9.17, 15) is 0 Å². The van der Waals surface area contributed by atoms with Crippen LogP contribution in [-0.4, -0.2) is 6.71 Å². The molecule has 0 saturated carbocycles. The van der Waals surface area contributed by atoms with Gasteiger partial charge in [0, 0.05) is 44.9 Å². The number of benzene rings is 12. The third-order valence-electron chi connectivity index (χ3n) is 14.4. The van der Waals surface area contributed by atoms with Gasteiger partial charge in [-0.2, -0.15) is 0 Å². The molecular formula is C64H41BN2. The van der Waals surface area contributed by atoms with Crippen LogP contribution in [0.2, 0.25) is 0 Å². The Morgan fingerprint density at radius 2 is 0.612 bits per heavy atom. The van der Waals surface area contributed by atoms with Crippen LogP contribution in [0.1, 0.15) is 0 Å². The predicted molar refractivity (Wildman–Crippen MR) is 287 cm³/mol. The molecule has 14 rings (SSSR count). The maximum absolute atomic E-state index is 2.58. The van der Waals surface area contributed by atoms with E-state index in [0.717, 1.165) is 11.4 Å². The molecule has 2 heterocycles. The molecule has 0 amide bonds. The van der Waals surface area contributed by atoms with Crippen LogP contribution >= 0.6 is 0 Å². The van der Waals surface area contributed by atoms with Gasteiger partial charge in [-0.05, 0) is 118 Å². The third kappa shape index (κ3) is 5.85. The van der Waals surface area contributed by atoms with Gasteiger partial charge in [0.1, 0.15) is 0 Å². The Balaban J connectivity index is 1.11. The highest BCUT2D eigenvalue weighted by atomic mass is 15.2. The van der Waals surface area contributed by atoms with Crippen LogP contribution in [0.3, 0.4) is 0 Å². The average molecular weight is 849 g/mol. The summed E-state index contributed by atoms with van der Waals surface area (Å²) in [5.41, 5.74) is 18.2. The zero-order valence-corrected chi connectivity index (χ0v) is 36.6. The molecule has 0 aliphatic carbocycles. The van der Waals surface area contributed by atoms with Crippen LogP contribution in [0, 0.1) is 0 Å². The fourth-order valence-electron chi connectivity index (χ4n) is 11.4. The van der Waals surface area contributed by atoms with Crippen molar-refractivity contribution in [1.82, 2.24) is 0 Å². The molecule has 0 unspecified atom stereocenters. The van der Waals surface area contributed by atoms with Crippen LogP contribution in [0.4, 0.5) is 34.1 Å². The van der Waals surface area contributed by atoms with Gasteiger partial charge in [0.2, 0.25) is 0 Å². The lowest BCUT2D eigenvalue weighted by molar-refractivity contribution is 1.27. The van der Waals surface area contributed by atoms with Gasteiger partial charge in [-0.25, -0.2) is 0 Å². The van der Waals surface area contributed by atoms with Crippen LogP contribution in [0.5, 0.6) is 0 Å². The van der Waals surface area contributed by atoms with Gasteiger partial charge in [-0.1, -0.05) is 212 Å². The first-order valence-corrected chi connectivity index (χ1v) is 23.3. The van der Waals surface area contributed by atoms with Crippen LogP contribution in [-0.2, 0) is 0 Å².